The van der Waals surface area contributed by atoms with E-state index in [-0.39, 0.29) is 13.2 Å². The van der Waals surface area contributed by atoms with Gasteiger partial charge in [-0.15, -0.1) is 0 Å². The second-order valence-corrected chi connectivity index (χ2v) is 6.93. The number of carbonyl (C=O) groups excluding carboxylic acids is 2. The first-order valence-corrected chi connectivity index (χ1v) is 8.90. The van der Waals surface area contributed by atoms with E-state index in [0.717, 1.165) is 16.3 Å². The van der Waals surface area contributed by atoms with Crippen molar-refractivity contribution in [2.75, 3.05) is 25.6 Å². The van der Waals surface area contributed by atoms with Crippen LogP contribution in [0.3, 0.4) is 0 Å². The zero-order valence-electron chi connectivity index (χ0n) is 17.0. The van der Waals surface area contributed by atoms with Gasteiger partial charge in [-0.1, -0.05) is 17.7 Å². The van der Waals surface area contributed by atoms with Gasteiger partial charge in [-0.05, 0) is 46.8 Å². The number of aryl methyl sites for hydroxylation is 1. The van der Waals surface area contributed by atoms with E-state index in [2.05, 4.69) is 5.32 Å². The van der Waals surface area contributed by atoms with Crippen LogP contribution in [0.25, 0.3) is 0 Å². The van der Waals surface area contributed by atoms with Crippen molar-refractivity contribution in [3.8, 4) is 0 Å². The van der Waals surface area contributed by atoms with Gasteiger partial charge in [-0.3, -0.25) is 4.84 Å². The molecule has 0 aliphatic carbocycles. The standard InChI is InChI=1S/C20H30N2O5/c1-7-26-18(23)14-17(21-16-10-8-15(2)9-11-16)12-13-22(25-6)19(24)27-20(3,4)5/h8-11,14,21H,7,12-13H2,1-6H3. The van der Waals surface area contributed by atoms with Gasteiger partial charge in [0.05, 0.1) is 20.3 Å². The number of hydrogen-bond donors (Lipinski definition) is 1. The van der Waals surface area contributed by atoms with E-state index >= 15 is 0 Å². The highest BCUT2D eigenvalue weighted by molar-refractivity contribution is 5.83. The van der Waals surface area contributed by atoms with Crippen molar-refractivity contribution < 1.29 is 23.9 Å². The van der Waals surface area contributed by atoms with E-state index in [1.54, 1.807) is 27.7 Å². The van der Waals surface area contributed by atoms with Crippen molar-refractivity contribution in [1.82, 2.24) is 5.06 Å². The number of nitrogens with zero attached hydrogens (tertiary/aromatic N) is 1. The van der Waals surface area contributed by atoms with Crippen LogP contribution in [0, 0.1) is 6.92 Å². The molecule has 0 saturated carbocycles. The Morgan fingerprint density at radius 3 is 2.33 bits per heavy atom. The van der Waals surface area contributed by atoms with Crippen molar-refractivity contribution in [2.45, 2.75) is 46.6 Å². The average molecular weight is 378 g/mol. The summed E-state index contributed by atoms with van der Waals surface area (Å²) in [6.45, 7) is 9.58. The molecule has 27 heavy (non-hydrogen) atoms. The molecule has 7 nitrogen and oxygen atoms in total. The van der Waals surface area contributed by atoms with Gasteiger partial charge in [0.15, 0.2) is 0 Å². The quantitative estimate of drug-likeness (QED) is 0.418. The van der Waals surface area contributed by atoms with Gasteiger partial charge in [0.1, 0.15) is 5.60 Å². The zero-order chi connectivity index (χ0) is 20.4. The molecule has 0 radical (unpaired) electrons. The van der Waals surface area contributed by atoms with Crippen molar-refractivity contribution in [2.24, 2.45) is 0 Å². The highest BCUT2D eigenvalue weighted by Gasteiger charge is 2.22. The zero-order valence-corrected chi connectivity index (χ0v) is 17.0. The van der Waals surface area contributed by atoms with Gasteiger partial charge in [-0.25, -0.2) is 9.59 Å². The Morgan fingerprint density at radius 2 is 1.81 bits per heavy atom. The number of anilines is 1. The first-order chi connectivity index (χ1) is 12.6. The molecular weight excluding hydrogens is 348 g/mol. The maximum Gasteiger partial charge on any atom is 0.434 e. The topological polar surface area (TPSA) is 77.1 Å². The minimum absolute atomic E-state index is 0.204. The smallest absolute Gasteiger partial charge is 0.434 e. The van der Waals surface area contributed by atoms with Gasteiger partial charge >= 0.3 is 12.1 Å². The summed E-state index contributed by atoms with van der Waals surface area (Å²) >= 11 is 0. The molecule has 0 saturated heterocycles. The van der Waals surface area contributed by atoms with E-state index in [0.29, 0.717) is 12.1 Å². The summed E-state index contributed by atoms with van der Waals surface area (Å²) in [4.78, 5) is 29.1. The normalized spacial score (nSPS) is 11.7. The largest absolute Gasteiger partial charge is 0.463 e. The summed E-state index contributed by atoms with van der Waals surface area (Å²) in [5.41, 5.74) is 1.93. The van der Waals surface area contributed by atoms with Crippen LogP contribution < -0.4 is 5.32 Å². The lowest BCUT2D eigenvalue weighted by molar-refractivity contribution is -0.137. The summed E-state index contributed by atoms with van der Waals surface area (Å²) in [6, 6.07) is 7.76. The molecule has 0 unspecified atom stereocenters. The number of ether oxygens (including phenoxy) is 2. The molecule has 1 rings (SSSR count). The molecule has 0 atom stereocenters. The van der Waals surface area contributed by atoms with Gasteiger partial charge in [0.2, 0.25) is 0 Å². The third-order valence-electron chi connectivity index (χ3n) is 3.34. The Morgan fingerprint density at radius 1 is 1.19 bits per heavy atom. The van der Waals surface area contributed by atoms with E-state index in [1.165, 1.54) is 13.2 Å². The molecule has 1 aromatic rings. The van der Waals surface area contributed by atoms with Gasteiger partial charge in [0, 0.05) is 23.9 Å². The summed E-state index contributed by atoms with van der Waals surface area (Å²) in [5, 5.41) is 4.30. The minimum atomic E-state index is -0.627. The summed E-state index contributed by atoms with van der Waals surface area (Å²) in [5.74, 6) is -0.451. The molecule has 1 aromatic carbocycles. The van der Waals surface area contributed by atoms with Crippen LogP contribution in [0.2, 0.25) is 0 Å². The summed E-state index contributed by atoms with van der Waals surface area (Å²) < 4.78 is 10.3. The predicted molar refractivity (Wildman–Crippen MR) is 104 cm³/mol. The highest BCUT2D eigenvalue weighted by Crippen LogP contribution is 2.15. The first-order valence-electron chi connectivity index (χ1n) is 8.90. The number of rotatable bonds is 8. The molecule has 7 heteroatoms. The molecule has 150 valence electrons. The number of hydroxylamine groups is 2. The van der Waals surface area contributed by atoms with Crippen LogP contribution in [0.15, 0.2) is 36.0 Å². The van der Waals surface area contributed by atoms with Crippen LogP contribution >= 0.6 is 0 Å². The Labute approximate surface area is 161 Å². The van der Waals surface area contributed by atoms with Crippen molar-refractivity contribution in [1.29, 1.82) is 0 Å². The second-order valence-electron chi connectivity index (χ2n) is 6.93. The lowest BCUT2D eigenvalue weighted by atomic mass is 10.2. The second kappa shape index (κ2) is 10.6. The van der Waals surface area contributed by atoms with Crippen LogP contribution in [0.5, 0.6) is 0 Å². The molecule has 0 heterocycles. The highest BCUT2D eigenvalue weighted by atomic mass is 16.7. The Bertz CT molecular complexity index is 647. The maximum atomic E-state index is 12.2. The number of benzene rings is 1. The van der Waals surface area contributed by atoms with Crippen LogP contribution in [-0.2, 0) is 19.1 Å². The Hall–Kier alpha value is -2.54. The molecule has 0 aromatic heterocycles. The minimum Gasteiger partial charge on any atom is -0.463 e. The van der Waals surface area contributed by atoms with Crippen molar-refractivity contribution in [3.63, 3.8) is 0 Å². The van der Waals surface area contributed by atoms with Gasteiger partial charge in [0.25, 0.3) is 0 Å². The maximum absolute atomic E-state index is 12.2. The molecule has 0 bridgehead atoms. The lowest BCUT2D eigenvalue weighted by Crippen LogP contribution is -2.37. The first kappa shape index (κ1) is 22.5. The molecule has 0 spiro atoms. The van der Waals surface area contributed by atoms with E-state index in [9.17, 15) is 9.59 Å². The Balaban J connectivity index is 2.84. The number of hydrogen-bond acceptors (Lipinski definition) is 6. The Kier molecular flexibility index (Phi) is 8.81. The fourth-order valence-corrected chi connectivity index (χ4v) is 2.11. The molecule has 0 aliphatic rings. The number of esters is 1. The van der Waals surface area contributed by atoms with Crippen molar-refractivity contribution in [3.05, 3.63) is 41.6 Å². The van der Waals surface area contributed by atoms with Crippen LogP contribution in [0.1, 0.15) is 39.7 Å². The molecule has 1 amide bonds. The summed E-state index contributed by atoms with van der Waals surface area (Å²) in [7, 11) is 1.39. The van der Waals surface area contributed by atoms with Crippen molar-refractivity contribution >= 4 is 17.7 Å². The van der Waals surface area contributed by atoms with Gasteiger partial charge in [-0.2, -0.15) is 5.06 Å². The third kappa shape index (κ3) is 9.10. The lowest BCUT2D eigenvalue weighted by Gasteiger charge is -2.26. The van der Waals surface area contributed by atoms with E-state index < -0.39 is 17.7 Å². The fourth-order valence-electron chi connectivity index (χ4n) is 2.11. The SMILES string of the molecule is CCOC(=O)C=C(CCN(OC)C(=O)OC(C)(C)C)Nc1ccc(C)cc1. The van der Waals surface area contributed by atoms with E-state index in [4.69, 9.17) is 14.3 Å². The molecule has 0 aliphatic heterocycles. The molecule has 1 N–H and O–H groups in total. The predicted octanol–water partition coefficient (Wildman–Crippen LogP) is 4.04. The van der Waals surface area contributed by atoms with Crippen LogP contribution in [0.4, 0.5) is 10.5 Å². The fraction of sp³-hybridized carbons (Fsp3) is 0.500. The van der Waals surface area contributed by atoms with Gasteiger partial charge < -0.3 is 14.8 Å². The number of carbonyl (C=O) groups is 2. The summed E-state index contributed by atoms with van der Waals surface area (Å²) in [6.07, 6.45) is 1.14. The third-order valence-corrected chi connectivity index (χ3v) is 3.34. The average Bonchev–Trinajstić information content (AvgIpc) is 2.56. The number of nitrogens with one attached hydrogen (secondary N) is 1. The number of amides is 1. The van der Waals surface area contributed by atoms with Crippen LogP contribution in [-0.4, -0.2) is 43.0 Å². The molecule has 0 fully saturated rings. The van der Waals surface area contributed by atoms with E-state index in [1.807, 2.05) is 31.2 Å². The molecular formula is C20H30N2O5. The monoisotopic (exact) mass is 378 g/mol.